The fourth-order valence-electron chi connectivity index (χ4n) is 2.44. The minimum absolute atomic E-state index is 0.0319. The van der Waals surface area contributed by atoms with E-state index in [1.807, 2.05) is 25.4 Å². The number of amides is 1. The highest BCUT2D eigenvalue weighted by Gasteiger charge is 2.32. The van der Waals surface area contributed by atoms with Crippen LogP contribution in [-0.2, 0) is 11.2 Å². The zero-order valence-electron chi connectivity index (χ0n) is 10.4. The Labute approximate surface area is 110 Å². The Morgan fingerprint density at radius 2 is 2.11 bits per heavy atom. The van der Waals surface area contributed by atoms with Gasteiger partial charge in [0.2, 0.25) is 0 Å². The molecule has 0 saturated carbocycles. The van der Waals surface area contributed by atoms with Crippen molar-refractivity contribution >= 4 is 23.4 Å². The van der Waals surface area contributed by atoms with Gasteiger partial charge in [0.05, 0.1) is 5.57 Å². The smallest absolute Gasteiger partial charge is 0.253 e. The van der Waals surface area contributed by atoms with Crippen LogP contribution in [0.4, 0.5) is 5.69 Å². The summed E-state index contributed by atoms with van der Waals surface area (Å²) < 4.78 is 0. The molecular weight excluding hydrogens is 246 g/mol. The Morgan fingerprint density at radius 1 is 1.33 bits per heavy atom. The Bertz CT molecular complexity index is 541. The highest BCUT2D eigenvalue weighted by molar-refractivity contribution is 7.99. The van der Waals surface area contributed by atoms with Gasteiger partial charge in [-0.25, -0.2) is 0 Å². The van der Waals surface area contributed by atoms with Crippen LogP contribution in [0.2, 0.25) is 0 Å². The van der Waals surface area contributed by atoms with E-state index in [0.29, 0.717) is 6.42 Å². The van der Waals surface area contributed by atoms with Gasteiger partial charge in [-0.3, -0.25) is 4.79 Å². The molecule has 4 nitrogen and oxygen atoms in total. The molecule has 94 valence electrons. The first-order chi connectivity index (χ1) is 8.70. The summed E-state index contributed by atoms with van der Waals surface area (Å²) in [5, 5.41) is 6.31. The van der Waals surface area contributed by atoms with Crippen LogP contribution in [0.25, 0.3) is 0 Å². The Balaban J connectivity index is 2.04. The summed E-state index contributed by atoms with van der Waals surface area (Å²) in [5.74, 6) is 0.959. The highest BCUT2D eigenvalue weighted by atomic mass is 32.2. The molecule has 18 heavy (non-hydrogen) atoms. The van der Waals surface area contributed by atoms with E-state index in [1.165, 1.54) is 11.3 Å². The number of anilines is 1. The van der Waals surface area contributed by atoms with Crippen molar-refractivity contribution in [3.63, 3.8) is 0 Å². The summed E-state index contributed by atoms with van der Waals surface area (Å²) >= 11 is 1.58. The van der Waals surface area contributed by atoms with Crippen LogP contribution < -0.4 is 15.5 Å². The van der Waals surface area contributed by atoms with Gasteiger partial charge in [0, 0.05) is 19.2 Å². The molecule has 2 aliphatic rings. The van der Waals surface area contributed by atoms with Crippen LogP contribution >= 0.6 is 11.8 Å². The largest absolute Gasteiger partial charge is 0.343 e. The lowest BCUT2D eigenvalue weighted by molar-refractivity contribution is -0.118. The number of nitrogens with one attached hydrogen (secondary N) is 2. The molecule has 1 atom stereocenters. The lowest BCUT2D eigenvalue weighted by atomic mass is 9.97. The van der Waals surface area contributed by atoms with Gasteiger partial charge in [0.1, 0.15) is 11.3 Å². The van der Waals surface area contributed by atoms with E-state index in [1.54, 1.807) is 11.8 Å². The minimum Gasteiger partial charge on any atom is -0.343 e. The second-order valence-corrected chi connectivity index (χ2v) is 5.37. The number of benzene rings is 1. The number of rotatable bonds is 1. The molecule has 1 aromatic rings. The van der Waals surface area contributed by atoms with Crippen LogP contribution in [0, 0.1) is 0 Å². The molecule has 2 aliphatic heterocycles. The van der Waals surface area contributed by atoms with E-state index in [9.17, 15) is 4.79 Å². The van der Waals surface area contributed by atoms with Crippen LogP contribution in [0.5, 0.6) is 0 Å². The van der Waals surface area contributed by atoms with Crippen LogP contribution in [0.1, 0.15) is 5.56 Å². The maximum Gasteiger partial charge on any atom is 0.253 e. The van der Waals surface area contributed by atoms with Crippen molar-refractivity contribution in [3.8, 4) is 0 Å². The fourth-order valence-corrected chi connectivity index (χ4v) is 2.90. The Kier molecular flexibility index (Phi) is 2.70. The van der Waals surface area contributed by atoms with Gasteiger partial charge >= 0.3 is 0 Å². The molecule has 3 rings (SSSR count). The summed E-state index contributed by atoms with van der Waals surface area (Å²) in [6.07, 6.45) is 2.66. The van der Waals surface area contributed by atoms with E-state index in [-0.39, 0.29) is 11.4 Å². The first-order valence-corrected chi connectivity index (χ1v) is 7.14. The number of hydrogen-bond acceptors (Lipinski definition) is 4. The predicted octanol–water partition coefficient (Wildman–Crippen LogP) is 1.26. The third kappa shape index (κ3) is 1.66. The molecule has 1 aromatic carbocycles. The van der Waals surface area contributed by atoms with Gasteiger partial charge in [-0.2, -0.15) is 0 Å². The SMILES string of the molecule is CS[C@H]1NC(=O)C2=C(N1)N(C)c1ccccc1C2. The Morgan fingerprint density at radius 3 is 2.89 bits per heavy atom. The summed E-state index contributed by atoms with van der Waals surface area (Å²) in [6.45, 7) is 0. The molecule has 0 unspecified atom stereocenters. The van der Waals surface area contributed by atoms with Crippen LogP contribution in [0.15, 0.2) is 35.7 Å². The van der Waals surface area contributed by atoms with E-state index in [2.05, 4.69) is 27.7 Å². The van der Waals surface area contributed by atoms with E-state index < -0.39 is 0 Å². The van der Waals surface area contributed by atoms with Crippen molar-refractivity contribution in [2.24, 2.45) is 0 Å². The number of thioether (sulfide) groups is 1. The van der Waals surface area contributed by atoms with Crippen molar-refractivity contribution < 1.29 is 4.79 Å². The maximum absolute atomic E-state index is 12.1. The van der Waals surface area contributed by atoms with Gasteiger partial charge < -0.3 is 15.5 Å². The number of para-hydroxylation sites is 1. The lowest BCUT2D eigenvalue weighted by Gasteiger charge is -2.38. The summed E-state index contributed by atoms with van der Waals surface area (Å²) in [5.41, 5.74) is 3.13. The van der Waals surface area contributed by atoms with E-state index in [4.69, 9.17) is 0 Å². The van der Waals surface area contributed by atoms with Crippen molar-refractivity contribution in [2.75, 3.05) is 18.2 Å². The molecule has 0 aliphatic carbocycles. The molecule has 2 heterocycles. The number of hydrogen-bond donors (Lipinski definition) is 2. The molecule has 0 bridgehead atoms. The topological polar surface area (TPSA) is 44.4 Å². The fraction of sp³-hybridized carbons (Fsp3) is 0.308. The molecule has 0 spiro atoms. The van der Waals surface area contributed by atoms with Crippen LogP contribution in [0.3, 0.4) is 0 Å². The second kappa shape index (κ2) is 4.24. The zero-order chi connectivity index (χ0) is 12.7. The maximum atomic E-state index is 12.1. The standard InChI is InChI=1S/C13H15N3OS/c1-16-10-6-4-3-5-8(10)7-9-11(16)14-13(18-2)15-12(9)17/h3-6,13-14H,7H2,1-2H3,(H,15,17)/t13-/m1/s1. The number of carbonyl (C=O) groups excluding carboxylic acids is 1. The van der Waals surface area contributed by atoms with Crippen molar-refractivity contribution in [2.45, 2.75) is 11.9 Å². The monoisotopic (exact) mass is 261 g/mol. The van der Waals surface area contributed by atoms with E-state index >= 15 is 0 Å². The van der Waals surface area contributed by atoms with Gasteiger partial charge in [-0.1, -0.05) is 18.2 Å². The van der Waals surface area contributed by atoms with Gasteiger partial charge in [-0.05, 0) is 17.9 Å². The zero-order valence-corrected chi connectivity index (χ0v) is 11.2. The molecule has 2 N–H and O–H groups in total. The minimum atomic E-state index is -0.0519. The van der Waals surface area contributed by atoms with Gasteiger partial charge in [0.25, 0.3) is 5.91 Å². The van der Waals surface area contributed by atoms with Crippen molar-refractivity contribution in [1.82, 2.24) is 10.6 Å². The number of carbonyl (C=O) groups is 1. The third-order valence-corrected chi connectivity index (χ3v) is 4.09. The normalized spacial score (nSPS) is 22.0. The number of nitrogens with zero attached hydrogens (tertiary/aromatic N) is 1. The molecule has 0 saturated heterocycles. The average molecular weight is 261 g/mol. The molecule has 5 heteroatoms. The summed E-state index contributed by atoms with van der Waals surface area (Å²) in [7, 11) is 2.00. The van der Waals surface area contributed by atoms with Crippen molar-refractivity contribution in [1.29, 1.82) is 0 Å². The molecule has 0 fully saturated rings. The highest BCUT2D eigenvalue weighted by Crippen LogP contribution is 2.32. The Hall–Kier alpha value is -1.62. The van der Waals surface area contributed by atoms with Gasteiger partial charge in [-0.15, -0.1) is 11.8 Å². The first-order valence-electron chi connectivity index (χ1n) is 5.85. The third-order valence-electron chi connectivity index (χ3n) is 3.38. The molecule has 0 aromatic heterocycles. The summed E-state index contributed by atoms with van der Waals surface area (Å²) in [6, 6.07) is 8.19. The summed E-state index contributed by atoms with van der Waals surface area (Å²) in [4.78, 5) is 14.2. The van der Waals surface area contributed by atoms with Crippen molar-refractivity contribution in [3.05, 3.63) is 41.2 Å². The second-order valence-electron chi connectivity index (χ2n) is 4.43. The lowest BCUT2D eigenvalue weighted by Crippen LogP contribution is -2.53. The predicted molar refractivity (Wildman–Crippen MR) is 74.2 cm³/mol. The molecule has 0 radical (unpaired) electrons. The number of fused-ring (bicyclic) bond motifs is 1. The van der Waals surface area contributed by atoms with Crippen LogP contribution in [-0.4, -0.2) is 24.7 Å². The molecule has 1 amide bonds. The average Bonchev–Trinajstić information content (AvgIpc) is 2.40. The first kappa shape index (κ1) is 11.5. The van der Waals surface area contributed by atoms with Gasteiger partial charge in [0.15, 0.2) is 0 Å². The van der Waals surface area contributed by atoms with E-state index in [0.717, 1.165) is 11.4 Å². The molecular formula is C13H15N3OS. The quantitative estimate of drug-likeness (QED) is 0.799.